The lowest BCUT2D eigenvalue weighted by Gasteiger charge is -2.12. The molecule has 1 aromatic carbocycles. The van der Waals surface area contributed by atoms with Crippen molar-refractivity contribution in [2.45, 2.75) is 13.5 Å². The number of ether oxygens (including phenoxy) is 1. The second-order valence-electron chi connectivity index (χ2n) is 4.60. The van der Waals surface area contributed by atoms with Crippen LogP contribution in [0.2, 0.25) is 0 Å². The van der Waals surface area contributed by atoms with Gasteiger partial charge < -0.3 is 15.4 Å². The highest BCUT2D eigenvalue weighted by Crippen LogP contribution is 2.11. The Kier molecular flexibility index (Phi) is 8.91. The molecular weight excluding hydrogens is 409 g/mol. The van der Waals surface area contributed by atoms with Gasteiger partial charge in [-0.05, 0) is 36.1 Å². The third-order valence-electron chi connectivity index (χ3n) is 2.89. The molecule has 0 amide bonds. The van der Waals surface area contributed by atoms with Crippen molar-refractivity contribution in [2.24, 2.45) is 4.99 Å². The third kappa shape index (κ3) is 6.65. The second-order valence-corrected chi connectivity index (χ2v) is 5.63. The molecule has 0 radical (unpaired) electrons. The molecule has 0 fully saturated rings. The van der Waals surface area contributed by atoms with Crippen molar-refractivity contribution in [3.8, 4) is 5.75 Å². The van der Waals surface area contributed by atoms with Crippen molar-refractivity contribution in [3.63, 3.8) is 0 Å². The third-order valence-corrected chi connectivity index (χ3v) is 3.76. The zero-order chi connectivity index (χ0) is 14.9. The van der Waals surface area contributed by atoms with Gasteiger partial charge in [0.15, 0.2) is 5.96 Å². The fraction of sp³-hybridized carbons (Fsp3) is 0.312. The molecule has 0 aliphatic heterocycles. The number of benzene rings is 1. The highest BCUT2D eigenvalue weighted by molar-refractivity contribution is 14.0. The molecular formula is C16H22IN3OS. The monoisotopic (exact) mass is 431 g/mol. The summed E-state index contributed by atoms with van der Waals surface area (Å²) in [6.45, 7) is 4.15. The molecule has 1 heterocycles. The van der Waals surface area contributed by atoms with Crippen LogP contribution < -0.4 is 15.4 Å². The van der Waals surface area contributed by atoms with Crippen LogP contribution >= 0.6 is 35.3 Å². The summed E-state index contributed by atoms with van der Waals surface area (Å²) < 4.78 is 5.69. The summed E-state index contributed by atoms with van der Waals surface area (Å²) in [7, 11) is 1.77. The molecule has 6 heteroatoms. The Bertz CT molecular complexity index is 573. The van der Waals surface area contributed by atoms with Gasteiger partial charge in [0.25, 0.3) is 0 Å². The van der Waals surface area contributed by atoms with Crippen LogP contribution in [-0.4, -0.2) is 26.2 Å². The summed E-state index contributed by atoms with van der Waals surface area (Å²) >= 11 is 1.73. The summed E-state index contributed by atoms with van der Waals surface area (Å²) in [6, 6.07) is 12.2. The average Bonchev–Trinajstić information content (AvgIpc) is 3.00. The maximum atomic E-state index is 5.69. The predicted molar refractivity (Wildman–Crippen MR) is 105 cm³/mol. The van der Waals surface area contributed by atoms with Crippen molar-refractivity contribution in [2.75, 3.05) is 20.2 Å². The standard InChI is InChI=1S/C16H21N3OS.HI/c1-13-5-3-6-14(11-13)20-9-8-18-16(17-2)19-12-15-7-4-10-21-15;/h3-7,10-11H,8-9,12H2,1-2H3,(H2,17,18,19);1H. The van der Waals surface area contributed by atoms with E-state index in [2.05, 4.69) is 40.1 Å². The molecule has 0 aliphatic rings. The Morgan fingerprint density at radius 1 is 1.23 bits per heavy atom. The molecule has 0 saturated heterocycles. The summed E-state index contributed by atoms with van der Waals surface area (Å²) in [5, 5.41) is 8.58. The molecule has 0 atom stereocenters. The smallest absolute Gasteiger partial charge is 0.191 e. The van der Waals surface area contributed by atoms with Crippen LogP contribution in [0.4, 0.5) is 0 Å². The minimum atomic E-state index is 0. The van der Waals surface area contributed by atoms with Gasteiger partial charge in [0.05, 0.1) is 13.1 Å². The first kappa shape index (κ1) is 18.8. The molecule has 0 saturated carbocycles. The van der Waals surface area contributed by atoms with Gasteiger partial charge >= 0.3 is 0 Å². The lowest BCUT2D eigenvalue weighted by molar-refractivity contribution is 0.321. The minimum absolute atomic E-state index is 0. The van der Waals surface area contributed by atoms with Crippen molar-refractivity contribution >= 4 is 41.3 Å². The Labute approximate surface area is 153 Å². The van der Waals surface area contributed by atoms with Gasteiger partial charge in [0.1, 0.15) is 12.4 Å². The maximum absolute atomic E-state index is 5.69. The van der Waals surface area contributed by atoms with Gasteiger partial charge in [-0.1, -0.05) is 18.2 Å². The molecule has 120 valence electrons. The van der Waals surface area contributed by atoms with E-state index in [1.54, 1.807) is 18.4 Å². The van der Waals surface area contributed by atoms with Crippen LogP contribution in [-0.2, 0) is 6.54 Å². The lowest BCUT2D eigenvalue weighted by Crippen LogP contribution is -2.38. The van der Waals surface area contributed by atoms with E-state index in [1.807, 2.05) is 24.3 Å². The molecule has 2 N–H and O–H groups in total. The first-order chi connectivity index (χ1) is 10.3. The second kappa shape index (κ2) is 10.4. The molecule has 0 aliphatic carbocycles. The van der Waals surface area contributed by atoms with E-state index < -0.39 is 0 Å². The summed E-state index contributed by atoms with van der Waals surface area (Å²) in [4.78, 5) is 5.48. The molecule has 2 aromatic rings. The highest BCUT2D eigenvalue weighted by Gasteiger charge is 1.99. The summed E-state index contributed by atoms with van der Waals surface area (Å²) in [5.74, 6) is 1.69. The average molecular weight is 431 g/mol. The van der Waals surface area contributed by atoms with Crippen molar-refractivity contribution in [1.82, 2.24) is 10.6 Å². The zero-order valence-corrected chi connectivity index (χ0v) is 16.0. The van der Waals surface area contributed by atoms with E-state index in [0.29, 0.717) is 13.2 Å². The van der Waals surface area contributed by atoms with Crippen LogP contribution in [0.25, 0.3) is 0 Å². The Morgan fingerprint density at radius 3 is 2.77 bits per heavy atom. The molecule has 22 heavy (non-hydrogen) atoms. The fourth-order valence-corrected chi connectivity index (χ4v) is 2.49. The Hall–Kier alpha value is -1.28. The van der Waals surface area contributed by atoms with E-state index in [9.17, 15) is 0 Å². The largest absolute Gasteiger partial charge is 0.492 e. The maximum Gasteiger partial charge on any atom is 0.191 e. The normalized spacial score (nSPS) is 10.7. The SMILES string of the molecule is CN=C(NCCOc1cccc(C)c1)NCc1cccs1.I. The Morgan fingerprint density at radius 2 is 2.09 bits per heavy atom. The van der Waals surface area contributed by atoms with E-state index in [4.69, 9.17) is 4.74 Å². The summed E-state index contributed by atoms with van der Waals surface area (Å²) in [5.41, 5.74) is 1.20. The van der Waals surface area contributed by atoms with Gasteiger partial charge in [-0.25, -0.2) is 0 Å². The zero-order valence-electron chi connectivity index (χ0n) is 12.8. The van der Waals surface area contributed by atoms with Gasteiger partial charge in [0.2, 0.25) is 0 Å². The van der Waals surface area contributed by atoms with Crippen LogP contribution in [0.15, 0.2) is 46.8 Å². The Balaban J connectivity index is 0.00000242. The van der Waals surface area contributed by atoms with Crippen LogP contribution in [0.5, 0.6) is 5.75 Å². The van der Waals surface area contributed by atoms with E-state index in [0.717, 1.165) is 18.3 Å². The summed E-state index contributed by atoms with van der Waals surface area (Å²) in [6.07, 6.45) is 0. The van der Waals surface area contributed by atoms with Crippen LogP contribution in [0, 0.1) is 6.92 Å². The van der Waals surface area contributed by atoms with Gasteiger partial charge in [0, 0.05) is 11.9 Å². The number of aryl methyl sites for hydroxylation is 1. The number of hydrogen-bond acceptors (Lipinski definition) is 3. The first-order valence-corrected chi connectivity index (χ1v) is 7.82. The number of aliphatic imine (C=N–C) groups is 1. The first-order valence-electron chi connectivity index (χ1n) is 6.94. The van der Waals surface area contributed by atoms with Crippen LogP contribution in [0.1, 0.15) is 10.4 Å². The number of rotatable bonds is 6. The molecule has 0 spiro atoms. The number of nitrogens with zero attached hydrogens (tertiary/aromatic N) is 1. The quantitative estimate of drug-likeness (QED) is 0.319. The van der Waals surface area contributed by atoms with E-state index in [-0.39, 0.29) is 24.0 Å². The predicted octanol–water partition coefficient (Wildman–Crippen LogP) is 3.42. The lowest BCUT2D eigenvalue weighted by atomic mass is 10.2. The van der Waals surface area contributed by atoms with E-state index in [1.165, 1.54) is 10.4 Å². The number of nitrogens with one attached hydrogen (secondary N) is 2. The highest BCUT2D eigenvalue weighted by atomic mass is 127. The van der Waals surface area contributed by atoms with Gasteiger partial charge in [-0.15, -0.1) is 35.3 Å². The van der Waals surface area contributed by atoms with Crippen LogP contribution in [0.3, 0.4) is 0 Å². The number of guanidine groups is 1. The number of hydrogen-bond donors (Lipinski definition) is 2. The fourth-order valence-electron chi connectivity index (χ4n) is 1.85. The van der Waals surface area contributed by atoms with Crippen molar-refractivity contribution in [3.05, 3.63) is 52.2 Å². The molecule has 0 unspecified atom stereocenters. The molecule has 2 rings (SSSR count). The molecule has 0 bridgehead atoms. The van der Waals surface area contributed by atoms with Gasteiger partial charge in [-0.2, -0.15) is 0 Å². The molecule has 1 aromatic heterocycles. The minimum Gasteiger partial charge on any atom is -0.492 e. The number of thiophene rings is 1. The topological polar surface area (TPSA) is 45.7 Å². The van der Waals surface area contributed by atoms with E-state index >= 15 is 0 Å². The van der Waals surface area contributed by atoms with Crippen molar-refractivity contribution < 1.29 is 4.74 Å². The number of halogens is 1. The van der Waals surface area contributed by atoms with Crippen molar-refractivity contribution in [1.29, 1.82) is 0 Å². The van der Waals surface area contributed by atoms with Gasteiger partial charge in [-0.3, -0.25) is 4.99 Å². The molecule has 4 nitrogen and oxygen atoms in total.